The summed E-state index contributed by atoms with van der Waals surface area (Å²) < 4.78 is 5.92. The number of amides is 1. The summed E-state index contributed by atoms with van der Waals surface area (Å²) in [5.74, 6) is -0.476. The zero-order chi connectivity index (χ0) is 41.7. The molecular weight excluding hydrogens is 707 g/mol. The van der Waals surface area contributed by atoms with Gasteiger partial charge in [0, 0.05) is 6.42 Å². The van der Waals surface area contributed by atoms with Gasteiger partial charge in [-0.3, -0.25) is 9.59 Å². The maximum atomic E-state index is 13.2. The number of hydrogen-bond acceptors (Lipinski definition) is 5. The predicted octanol–water partition coefficient (Wildman–Crippen LogP) is 14.7. The number of nitrogens with one attached hydrogen (secondary N) is 1. The van der Waals surface area contributed by atoms with Crippen molar-refractivity contribution in [2.24, 2.45) is 0 Å². The molecule has 0 fully saturated rings. The van der Waals surface area contributed by atoms with Crippen LogP contribution in [0, 0.1) is 0 Å². The standard InChI is InChI=1S/C51H97NO5/c1-4-7-10-13-16-19-21-23-25-26-28-31-33-36-39-42-47(57-51(56)44-41-38-35-32-29-27-24-22-20-17-14-11-8-5-2)45-50(55)52-48(46-53)49(54)43-40-37-34-30-18-15-12-9-6-3/h16,19,23,25,47-49,53-54H,4-15,17-18,20-22,24,26-46H2,1-3H3,(H,52,55)/b19-16-,25-23-. The quantitative estimate of drug-likeness (QED) is 0.0324. The number of aliphatic hydroxyl groups excluding tert-OH is 2. The number of rotatable bonds is 45. The second-order valence-electron chi connectivity index (χ2n) is 17.2. The molecule has 0 rings (SSSR count). The largest absolute Gasteiger partial charge is 0.462 e. The van der Waals surface area contributed by atoms with Gasteiger partial charge < -0.3 is 20.3 Å². The monoisotopic (exact) mass is 804 g/mol. The van der Waals surface area contributed by atoms with Crippen molar-refractivity contribution in [2.75, 3.05) is 6.61 Å². The van der Waals surface area contributed by atoms with Crippen LogP contribution in [0.25, 0.3) is 0 Å². The van der Waals surface area contributed by atoms with Gasteiger partial charge in [0.2, 0.25) is 5.91 Å². The van der Waals surface area contributed by atoms with Crippen LogP contribution in [0.3, 0.4) is 0 Å². The lowest BCUT2D eigenvalue weighted by Crippen LogP contribution is -2.46. The molecule has 3 atom stereocenters. The zero-order valence-electron chi connectivity index (χ0n) is 38.2. The number of ether oxygens (including phenoxy) is 1. The van der Waals surface area contributed by atoms with Gasteiger partial charge in [0.15, 0.2) is 0 Å². The minimum absolute atomic E-state index is 0.0730. The summed E-state index contributed by atoms with van der Waals surface area (Å²) in [6, 6.07) is -0.700. The first-order valence-electron chi connectivity index (χ1n) is 25.1. The van der Waals surface area contributed by atoms with Crippen LogP contribution in [-0.2, 0) is 14.3 Å². The number of aliphatic hydroxyl groups is 2. The first-order valence-corrected chi connectivity index (χ1v) is 25.1. The predicted molar refractivity (Wildman–Crippen MR) is 246 cm³/mol. The molecule has 0 spiro atoms. The first-order chi connectivity index (χ1) is 28.0. The lowest BCUT2D eigenvalue weighted by Gasteiger charge is -2.24. The van der Waals surface area contributed by atoms with Crippen LogP contribution in [0.1, 0.15) is 265 Å². The second kappa shape index (κ2) is 45.4. The number of hydrogen-bond donors (Lipinski definition) is 3. The third-order valence-electron chi connectivity index (χ3n) is 11.5. The van der Waals surface area contributed by atoms with Gasteiger partial charge in [-0.15, -0.1) is 0 Å². The second-order valence-corrected chi connectivity index (χ2v) is 17.2. The molecule has 0 radical (unpaired) electrons. The summed E-state index contributed by atoms with van der Waals surface area (Å²) in [6.45, 7) is 6.44. The van der Waals surface area contributed by atoms with Crippen LogP contribution in [0.2, 0.25) is 0 Å². The van der Waals surface area contributed by atoms with Crippen molar-refractivity contribution < 1.29 is 24.5 Å². The number of carbonyl (C=O) groups is 2. The van der Waals surface area contributed by atoms with Crippen LogP contribution in [0.4, 0.5) is 0 Å². The van der Waals surface area contributed by atoms with Crippen molar-refractivity contribution >= 4 is 11.9 Å². The van der Waals surface area contributed by atoms with E-state index < -0.39 is 18.2 Å². The summed E-state index contributed by atoms with van der Waals surface area (Å²) in [5, 5.41) is 23.6. The molecule has 0 aromatic carbocycles. The van der Waals surface area contributed by atoms with Crippen LogP contribution in [-0.4, -0.2) is 46.9 Å². The molecule has 3 N–H and O–H groups in total. The van der Waals surface area contributed by atoms with Gasteiger partial charge in [-0.2, -0.15) is 0 Å². The van der Waals surface area contributed by atoms with Gasteiger partial charge in [0.25, 0.3) is 0 Å². The molecule has 0 aromatic rings. The minimum atomic E-state index is -0.785. The van der Waals surface area contributed by atoms with E-state index in [0.29, 0.717) is 19.3 Å². The molecule has 336 valence electrons. The van der Waals surface area contributed by atoms with E-state index >= 15 is 0 Å². The van der Waals surface area contributed by atoms with Crippen molar-refractivity contribution in [1.82, 2.24) is 5.32 Å². The molecule has 6 heteroatoms. The molecule has 0 bridgehead atoms. The number of carbonyl (C=O) groups excluding carboxylic acids is 2. The SMILES string of the molecule is CCCCC/C=C\C/C=C\CCCCCCCC(CC(=O)NC(CO)C(O)CCCCCCCCCCC)OC(=O)CCCCCCCCCCCCCCCC. The van der Waals surface area contributed by atoms with E-state index in [0.717, 1.165) is 70.6 Å². The van der Waals surface area contributed by atoms with Gasteiger partial charge in [0.05, 0.1) is 25.2 Å². The Bertz CT molecular complexity index is 904. The third-order valence-corrected chi connectivity index (χ3v) is 11.5. The molecule has 0 aliphatic carbocycles. The zero-order valence-corrected chi connectivity index (χ0v) is 38.2. The number of allylic oxidation sites excluding steroid dienone is 4. The fourth-order valence-electron chi connectivity index (χ4n) is 7.70. The molecular formula is C51H97NO5. The molecule has 3 unspecified atom stereocenters. The van der Waals surface area contributed by atoms with Crippen molar-refractivity contribution in [3.63, 3.8) is 0 Å². The molecule has 0 saturated heterocycles. The van der Waals surface area contributed by atoms with E-state index in [1.807, 2.05) is 0 Å². The van der Waals surface area contributed by atoms with E-state index in [1.54, 1.807) is 0 Å². The smallest absolute Gasteiger partial charge is 0.306 e. The normalized spacial score (nSPS) is 13.4. The number of unbranched alkanes of at least 4 members (excludes halogenated alkanes) is 29. The Hall–Kier alpha value is -1.66. The van der Waals surface area contributed by atoms with Gasteiger partial charge >= 0.3 is 5.97 Å². The fraction of sp³-hybridized carbons (Fsp3) is 0.882. The molecule has 6 nitrogen and oxygen atoms in total. The average Bonchev–Trinajstić information content (AvgIpc) is 3.20. The van der Waals surface area contributed by atoms with Crippen molar-refractivity contribution in [2.45, 2.75) is 283 Å². The van der Waals surface area contributed by atoms with Gasteiger partial charge in [-0.1, -0.05) is 218 Å². The van der Waals surface area contributed by atoms with Gasteiger partial charge in [-0.25, -0.2) is 0 Å². The van der Waals surface area contributed by atoms with Crippen LogP contribution >= 0.6 is 0 Å². The molecule has 0 heterocycles. The highest BCUT2D eigenvalue weighted by molar-refractivity contribution is 5.77. The molecule has 57 heavy (non-hydrogen) atoms. The van der Waals surface area contributed by atoms with Gasteiger partial charge in [-0.05, 0) is 57.8 Å². The molecule has 1 amide bonds. The number of esters is 1. The van der Waals surface area contributed by atoms with Crippen LogP contribution < -0.4 is 5.32 Å². The summed E-state index contributed by atoms with van der Waals surface area (Å²) in [4.78, 5) is 26.1. The van der Waals surface area contributed by atoms with Gasteiger partial charge in [0.1, 0.15) is 6.10 Å². The van der Waals surface area contributed by atoms with Crippen LogP contribution in [0.15, 0.2) is 24.3 Å². The van der Waals surface area contributed by atoms with Crippen LogP contribution in [0.5, 0.6) is 0 Å². The van der Waals surface area contributed by atoms with Crippen molar-refractivity contribution in [3.8, 4) is 0 Å². The molecule has 0 aliphatic rings. The van der Waals surface area contributed by atoms with E-state index in [9.17, 15) is 19.8 Å². The summed E-state index contributed by atoms with van der Waals surface area (Å²) in [7, 11) is 0. The highest BCUT2D eigenvalue weighted by Crippen LogP contribution is 2.18. The Balaban J connectivity index is 4.58. The molecule has 0 aliphatic heterocycles. The Morgan fingerprint density at radius 3 is 1.37 bits per heavy atom. The molecule has 0 aromatic heterocycles. The Labute approximate surface area is 354 Å². The van der Waals surface area contributed by atoms with Crippen molar-refractivity contribution in [1.29, 1.82) is 0 Å². The molecule has 0 saturated carbocycles. The van der Waals surface area contributed by atoms with E-state index in [4.69, 9.17) is 4.74 Å². The summed E-state index contributed by atoms with van der Waals surface area (Å²) >= 11 is 0. The first kappa shape index (κ1) is 55.3. The third kappa shape index (κ3) is 40.9. The summed E-state index contributed by atoms with van der Waals surface area (Å²) in [5.41, 5.74) is 0. The van der Waals surface area contributed by atoms with E-state index in [2.05, 4.69) is 50.4 Å². The van der Waals surface area contributed by atoms with E-state index in [1.165, 1.54) is 148 Å². The maximum Gasteiger partial charge on any atom is 0.306 e. The van der Waals surface area contributed by atoms with Crippen molar-refractivity contribution in [3.05, 3.63) is 24.3 Å². The summed E-state index contributed by atoms with van der Waals surface area (Å²) in [6.07, 6.45) is 50.9. The average molecular weight is 804 g/mol. The highest BCUT2D eigenvalue weighted by atomic mass is 16.5. The fourth-order valence-corrected chi connectivity index (χ4v) is 7.70. The minimum Gasteiger partial charge on any atom is -0.462 e. The maximum absolute atomic E-state index is 13.2. The highest BCUT2D eigenvalue weighted by Gasteiger charge is 2.24. The lowest BCUT2D eigenvalue weighted by molar-refractivity contribution is -0.151. The Morgan fingerprint density at radius 1 is 0.509 bits per heavy atom. The lowest BCUT2D eigenvalue weighted by atomic mass is 10.0. The topological polar surface area (TPSA) is 95.9 Å². The van der Waals surface area contributed by atoms with E-state index in [-0.39, 0.29) is 24.9 Å². The Morgan fingerprint density at radius 2 is 0.895 bits per heavy atom. The Kier molecular flexibility index (Phi) is 44.1.